The lowest BCUT2D eigenvalue weighted by Crippen LogP contribution is -2.53. The van der Waals surface area contributed by atoms with Gasteiger partial charge in [0.05, 0.1) is 12.0 Å². The van der Waals surface area contributed by atoms with Gasteiger partial charge in [-0.1, -0.05) is 23.7 Å². The normalized spacial score (nSPS) is 19.6. The van der Waals surface area contributed by atoms with Crippen LogP contribution in [0, 0.1) is 0 Å². The van der Waals surface area contributed by atoms with Crippen LogP contribution in [0.2, 0.25) is 5.02 Å². The van der Waals surface area contributed by atoms with Crippen LogP contribution in [0.4, 0.5) is 0 Å². The molecular formula is C16H20ClNO5. The zero-order chi connectivity index (χ0) is 17.1. The lowest BCUT2D eigenvalue weighted by atomic mass is 9.73. The molecule has 23 heavy (non-hydrogen) atoms. The number of aliphatic carboxylic acids is 1. The summed E-state index contributed by atoms with van der Waals surface area (Å²) in [6.45, 7) is 1.63. The van der Waals surface area contributed by atoms with Crippen molar-refractivity contribution in [2.45, 2.75) is 30.8 Å². The van der Waals surface area contributed by atoms with Crippen LogP contribution in [-0.2, 0) is 19.7 Å². The minimum Gasteiger partial charge on any atom is -0.479 e. The Kier molecular flexibility index (Phi) is 5.29. The van der Waals surface area contributed by atoms with E-state index in [0.29, 0.717) is 31.1 Å². The molecule has 3 N–H and O–H groups in total. The van der Waals surface area contributed by atoms with E-state index in [9.17, 15) is 14.7 Å². The van der Waals surface area contributed by atoms with Gasteiger partial charge >= 0.3 is 5.97 Å². The van der Waals surface area contributed by atoms with E-state index in [-0.39, 0.29) is 12.5 Å². The van der Waals surface area contributed by atoms with Gasteiger partial charge < -0.3 is 20.3 Å². The van der Waals surface area contributed by atoms with E-state index in [0.717, 1.165) is 12.5 Å². The zero-order valence-electron chi connectivity index (χ0n) is 12.8. The Labute approximate surface area is 139 Å². The molecule has 1 aliphatic rings. The average Bonchev–Trinajstić information content (AvgIpc) is 2.53. The predicted octanol–water partition coefficient (Wildman–Crippen LogP) is 1.34. The van der Waals surface area contributed by atoms with Crippen LogP contribution in [-0.4, -0.2) is 47.4 Å². The van der Waals surface area contributed by atoms with Crippen LogP contribution < -0.4 is 5.32 Å². The van der Waals surface area contributed by atoms with Gasteiger partial charge in [-0.05, 0) is 37.5 Å². The number of ether oxygens (including phenoxy) is 1. The highest BCUT2D eigenvalue weighted by molar-refractivity contribution is 6.30. The second-order valence-electron chi connectivity index (χ2n) is 5.97. The van der Waals surface area contributed by atoms with Crippen molar-refractivity contribution in [3.8, 4) is 0 Å². The number of carboxylic acids is 1. The number of benzene rings is 1. The molecule has 0 bridgehead atoms. The second kappa shape index (κ2) is 6.86. The monoisotopic (exact) mass is 341 g/mol. The summed E-state index contributed by atoms with van der Waals surface area (Å²) in [5, 5.41) is 21.8. The maximum atomic E-state index is 12.8. The Hall–Kier alpha value is -1.63. The van der Waals surface area contributed by atoms with Crippen LogP contribution in [0.25, 0.3) is 0 Å². The van der Waals surface area contributed by atoms with Crippen LogP contribution >= 0.6 is 11.6 Å². The molecule has 7 heteroatoms. The highest BCUT2D eigenvalue weighted by Gasteiger charge is 2.43. The number of aliphatic hydroxyl groups is 1. The molecule has 1 heterocycles. The number of carboxylic acid groups (broad SMARTS) is 1. The lowest BCUT2D eigenvalue weighted by molar-refractivity contribution is -0.156. The summed E-state index contributed by atoms with van der Waals surface area (Å²) in [5.74, 6) is -1.72. The molecule has 1 aromatic carbocycles. The van der Waals surface area contributed by atoms with Gasteiger partial charge in [0.1, 0.15) is 0 Å². The molecule has 2 rings (SSSR count). The third-order valence-electron chi connectivity index (χ3n) is 4.21. The molecule has 1 saturated heterocycles. The summed E-state index contributed by atoms with van der Waals surface area (Å²) in [6, 6.07) is 7.06. The molecule has 0 spiro atoms. The number of hydrogen-bond acceptors (Lipinski definition) is 4. The summed E-state index contributed by atoms with van der Waals surface area (Å²) >= 11 is 6.04. The van der Waals surface area contributed by atoms with Gasteiger partial charge in [-0.3, -0.25) is 4.79 Å². The fraction of sp³-hybridized carbons (Fsp3) is 0.500. The van der Waals surface area contributed by atoms with E-state index in [1.807, 2.05) is 6.07 Å². The van der Waals surface area contributed by atoms with Gasteiger partial charge in [0, 0.05) is 18.2 Å². The second-order valence-corrected chi connectivity index (χ2v) is 6.40. The first-order valence-corrected chi connectivity index (χ1v) is 7.74. The van der Waals surface area contributed by atoms with Crippen LogP contribution in [0.5, 0.6) is 0 Å². The molecule has 0 aliphatic carbocycles. The first-order chi connectivity index (χ1) is 10.8. The fourth-order valence-electron chi connectivity index (χ4n) is 2.65. The molecule has 6 nitrogen and oxygen atoms in total. The third-order valence-corrected chi connectivity index (χ3v) is 4.45. The summed E-state index contributed by atoms with van der Waals surface area (Å²) in [4.78, 5) is 23.8. The number of rotatable bonds is 5. The van der Waals surface area contributed by atoms with E-state index in [4.69, 9.17) is 21.4 Å². The van der Waals surface area contributed by atoms with E-state index in [2.05, 4.69) is 5.32 Å². The van der Waals surface area contributed by atoms with Gasteiger partial charge in [0.2, 0.25) is 5.91 Å². The fourth-order valence-corrected chi connectivity index (χ4v) is 2.84. The minimum atomic E-state index is -2.02. The van der Waals surface area contributed by atoms with Crippen molar-refractivity contribution in [1.82, 2.24) is 5.32 Å². The largest absolute Gasteiger partial charge is 0.479 e. The highest BCUT2D eigenvalue weighted by Crippen LogP contribution is 2.36. The Morgan fingerprint density at radius 1 is 1.39 bits per heavy atom. The summed E-state index contributed by atoms with van der Waals surface area (Å²) in [5.41, 5.74) is -2.09. The quantitative estimate of drug-likeness (QED) is 0.751. The first kappa shape index (κ1) is 17.7. The molecule has 1 aliphatic heterocycles. The SMILES string of the molecule is CC(O)(CNC(=O)C1(c2cccc(Cl)c2)CCOCC1)C(=O)O. The van der Waals surface area contributed by atoms with Crippen molar-refractivity contribution in [3.05, 3.63) is 34.9 Å². The number of amides is 1. The molecular weight excluding hydrogens is 322 g/mol. The third kappa shape index (κ3) is 3.83. The van der Waals surface area contributed by atoms with Crippen molar-refractivity contribution in [1.29, 1.82) is 0 Å². The molecule has 1 aromatic rings. The Bertz CT molecular complexity index is 596. The number of carbonyl (C=O) groups is 2. The van der Waals surface area contributed by atoms with Crippen LogP contribution in [0.3, 0.4) is 0 Å². The maximum Gasteiger partial charge on any atom is 0.337 e. The minimum absolute atomic E-state index is 0.329. The van der Waals surface area contributed by atoms with Crippen LogP contribution in [0.1, 0.15) is 25.3 Å². The topological polar surface area (TPSA) is 95.9 Å². The van der Waals surface area contributed by atoms with Gasteiger partial charge in [-0.15, -0.1) is 0 Å². The maximum absolute atomic E-state index is 12.8. The number of nitrogens with one attached hydrogen (secondary N) is 1. The molecule has 0 radical (unpaired) electrons. The summed E-state index contributed by atoms with van der Waals surface area (Å²) in [6.07, 6.45) is 0.933. The standard InChI is InChI=1S/C16H20ClNO5/c1-15(22,14(20)21)10-18-13(19)16(5-7-23-8-6-16)11-3-2-4-12(17)9-11/h2-4,9,22H,5-8,10H2,1H3,(H,18,19)(H,20,21). The van der Waals surface area contributed by atoms with E-state index in [1.165, 1.54) is 0 Å². The van der Waals surface area contributed by atoms with Crippen molar-refractivity contribution in [2.75, 3.05) is 19.8 Å². The van der Waals surface area contributed by atoms with E-state index in [1.54, 1.807) is 18.2 Å². The van der Waals surface area contributed by atoms with Crippen molar-refractivity contribution >= 4 is 23.5 Å². The molecule has 1 unspecified atom stereocenters. The van der Waals surface area contributed by atoms with Crippen molar-refractivity contribution in [2.24, 2.45) is 0 Å². The van der Waals surface area contributed by atoms with Gasteiger partial charge in [-0.2, -0.15) is 0 Å². The predicted molar refractivity (Wildman–Crippen MR) is 84.5 cm³/mol. The first-order valence-electron chi connectivity index (χ1n) is 7.36. The van der Waals surface area contributed by atoms with Crippen molar-refractivity contribution in [3.63, 3.8) is 0 Å². The van der Waals surface area contributed by atoms with Gasteiger partial charge in [0.25, 0.3) is 0 Å². The van der Waals surface area contributed by atoms with Gasteiger partial charge in [0.15, 0.2) is 5.60 Å². The summed E-state index contributed by atoms with van der Waals surface area (Å²) in [7, 11) is 0. The Morgan fingerprint density at radius 3 is 2.61 bits per heavy atom. The zero-order valence-corrected chi connectivity index (χ0v) is 13.6. The highest BCUT2D eigenvalue weighted by atomic mass is 35.5. The lowest BCUT2D eigenvalue weighted by Gasteiger charge is -2.37. The average molecular weight is 342 g/mol. The van der Waals surface area contributed by atoms with Crippen molar-refractivity contribution < 1.29 is 24.5 Å². The van der Waals surface area contributed by atoms with Crippen LogP contribution in [0.15, 0.2) is 24.3 Å². The van der Waals surface area contributed by atoms with Gasteiger partial charge in [-0.25, -0.2) is 4.79 Å². The summed E-state index contributed by atoms with van der Waals surface area (Å²) < 4.78 is 5.35. The number of carbonyl (C=O) groups excluding carboxylic acids is 1. The van der Waals surface area contributed by atoms with E-state index < -0.39 is 17.0 Å². The number of hydrogen-bond donors (Lipinski definition) is 3. The van der Waals surface area contributed by atoms with E-state index >= 15 is 0 Å². The Balaban J connectivity index is 2.25. The Morgan fingerprint density at radius 2 is 2.04 bits per heavy atom. The molecule has 1 amide bonds. The molecule has 0 saturated carbocycles. The smallest absolute Gasteiger partial charge is 0.337 e. The molecule has 126 valence electrons. The number of halogens is 1. The molecule has 1 fully saturated rings. The molecule has 1 atom stereocenters. The molecule has 0 aromatic heterocycles.